The molecule has 5 rings (SSSR count). The molecule has 160 valence electrons. The number of amides is 2. The van der Waals surface area contributed by atoms with E-state index in [0.29, 0.717) is 22.9 Å². The summed E-state index contributed by atoms with van der Waals surface area (Å²) >= 11 is 0. The van der Waals surface area contributed by atoms with Crippen LogP contribution in [0.3, 0.4) is 0 Å². The zero-order chi connectivity index (χ0) is 21.1. The Labute approximate surface area is 178 Å². The summed E-state index contributed by atoms with van der Waals surface area (Å²) < 4.78 is 0. The van der Waals surface area contributed by atoms with E-state index in [1.165, 1.54) is 44.6 Å². The minimum absolute atomic E-state index is 0.0823. The minimum atomic E-state index is -0.401. The summed E-state index contributed by atoms with van der Waals surface area (Å²) in [5.41, 5.74) is 0.993. The van der Waals surface area contributed by atoms with Crippen LogP contribution >= 0.6 is 0 Å². The van der Waals surface area contributed by atoms with E-state index in [1.54, 1.807) is 18.2 Å². The molecular formula is C25H32N2O3. The van der Waals surface area contributed by atoms with Gasteiger partial charge in [-0.15, -0.1) is 0 Å². The van der Waals surface area contributed by atoms with Gasteiger partial charge in [0.2, 0.25) is 0 Å². The van der Waals surface area contributed by atoms with Gasteiger partial charge in [-0.3, -0.25) is 9.59 Å². The fourth-order valence-electron chi connectivity index (χ4n) is 7.38. The summed E-state index contributed by atoms with van der Waals surface area (Å²) in [7, 11) is 0. The van der Waals surface area contributed by atoms with Crippen molar-refractivity contribution in [2.45, 2.75) is 64.8 Å². The number of carbonyl (C=O) groups is 2. The van der Waals surface area contributed by atoms with E-state index >= 15 is 0 Å². The first-order valence-electron chi connectivity index (χ1n) is 11.4. The largest absolute Gasteiger partial charge is 0.508 e. The maximum absolute atomic E-state index is 13.0. The Hall–Kier alpha value is -2.30. The number of benzene rings is 1. The third-order valence-corrected chi connectivity index (χ3v) is 8.91. The lowest BCUT2D eigenvalue weighted by molar-refractivity contribution is -0.126. The second-order valence-electron chi connectivity index (χ2n) is 10.5. The Morgan fingerprint density at radius 3 is 2.77 bits per heavy atom. The fourth-order valence-corrected chi connectivity index (χ4v) is 7.38. The monoisotopic (exact) mass is 408 g/mol. The SMILES string of the molecule is C[C@@]12CCC[C@H]1[C@@H]1CCC3NC(=O)C(C(=O)Nc4cccc(O)c4)=C[C@]3(C)[C@@H]1CC2. The highest BCUT2D eigenvalue weighted by molar-refractivity contribution is 6.23. The predicted molar refractivity (Wildman–Crippen MR) is 116 cm³/mol. The van der Waals surface area contributed by atoms with Gasteiger partial charge >= 0.3 is 0 Å². The van der Waals surface area contributed by atoms with Crippen molar-refractivity contribution >= 4 is 17.5 Å². The molecule has 30 heavy (non-hydrogen) atoms. The zero-order valence-electron chi connectivity index (χ0n) is 17.9. The highest BCUT2D eigenvalue weighted by atomic mass is 16.3. The average molecular weight is 409 g/mol. The van der Waals surface area contributed by atoms with Crippen LogP contribution in [-0.2, 0) is 9.59 Å². The number of hydrogen-bond acceptors (Lipinski definition) is 3. The van der Waals surface area contributed by atoms with E-state index in [4.69, 9.17) is 0 Å². The zero-order valence-corrected chi connectivity index (χ0v) is 17.9. The maximum atomic E-state index is 13.0. The van der Waals surface area contributed by atoms with Crippen LogP contribution in [0.5, 0.6) is 5.75 Å². The van der Waals surface area contributed by atoms with Gasteiger partial charge in [-0.05, 0) is 73.8 Å². The summed E-state index contributed by atoms with van der Waals surface area (Å²) in [6.07, 6.45) is 10.6. The van der Waals surface area contributed by atoms with Crippen LogP contribution < -0.4 is 10.6 Å². The smallest absolute Gasteiger partial charge is 0.260 e. The summed E-state index contributed by atoms with van der Waals surface area (Å²) in [5, 5.41) is 15.6. The van der Waals surface area contributed by atoms with Crippen LogP contribution in [0, 0.1) is 28.6 Å². The van der Waals surface area contributed by atoms with Crippen molar-refractivity contribution in [1.82, 2.24) is 5.32 Å². The molecule has 0 saturated heterocycles. The number of rotatable bonds is 2. The summed E-state index contributed by atoms with van der Waals surface area (Å²) in [4.78, 5) is 25.8. The molecule has 1 unspecified atom stereocenters. The number of hydrogen-bond donors (Lipinski definition) is 3. The summed E-state index contributed by atoms with van der Waals surface area (Å²) in [5.74, 6) is 1.38. The molecule has 3 saturated carbocycles. The first-order valence-corrected chi connectivity index (χ1v) is 11.4. The highest BCUT2D eigenvalue weighted by Crippen LogP contribution is 2.63. The quantitative estimate of drug-likeness (QED) is 0.635. The molecule has 3 aliphatic carbocycles. The topological polar surface area (TPSA) is 78.4 Å². The molecule has 1 aliphatic heterocycles. The molecule has 5 heteroatoms. The number of aromatic hydroxyl groups is 1. The summed E-state index contributed by atoms with van der Waals surface area (Å²) in [6.45, 7) is 4.75. The average Bonchev–Trinajstić information content (AvgIpc) is 3.10. The maximum Gasteiger partial charge on any atom is 0.260 e. The lowest BCUT2D eigenvalue weighted by Crippen LogP contribution is -2.60. The first kappa shape index (κ1) is 19.7. The molecule has 6 atom stereocenters. The van der Waals surface area contributed by atoms with Gasteiger partial charge in [0.25, 0.3) is 11.8 Å². The van der Waals surface area contributed by atoms with Crippen molar-refractivity contribution < 1.29 is 14.7 Å². The molecule has 5 nitrogen and oxygen atoms in total. The van der Waals surface area contributed by atoms with Crippen LogP contribution in [0.1, 0.15) is 58.8 Å². The second-order valence-corrected chi connectivity index (χ2v) is 10.5. The van der Waals surface area contributed by atoms with Crippen molar-refractivity contribution in [2.24, 2.45) is 28.6 Å². The molecule has 0 aromatic heterocycles. The van der Waals surface area contributed by atoms with Crippen LogP contribution in [-0.4, -0.2) is 23.0 Å². The normalized spacial score (nSPS) is 39.8. The van der Waals surface area contributed by atoms with Crippen LogP contribution in [0.15, 0.2) is 35.9 Å². The van der Waals surface area contributed by atoms with Crippen molar-refractivity contribution in [3.8, 4) is 5.75 Å². The molecule has 4 aliphatic rings. The van der Waals surface area contributed by atoms with Gasteiger partial charge in [-0.1, -0.05) is 32.4 Å². The molecule has 3 N–H and O–H groups in total. The van der Waals surface area contributed by atoms with Crippen LogP contribution in [0.4, 0.5) is 5.69 Å². The number of phenols is 1. The van der Waals surface area contributed by atoms with E-state index < -0.39 is 5.91 Å². The molecule has 2 amide bonds. The van der Waals surface area contributed by atoms with Gasteiger partial charge < -0.3 is 15.7 Å². The van der Waals surface area contributed by atoms with E-state index in [1.807, 2.05) is 6.08 Å². The van der Waals surface area contributed by atoms with E-state index in [9.17, 15) is 14.7 Å². The third kappa shape index (κ3) is 2.97. The van der Waals surface area contributed by atoms with Gasteiger partial charge in [-0.25, -0.2) is 0 Å². The van der Waals surface area contributed by atoms with Crippen molar-refractivity contribution in [1.29, 1.82) is 0 Å². The Balaban J connectivity index is 1.45. The number of nitrogens with one attached hydrogen (secondary N) is 2. The molecule has 0 bridgehead atoms. The standard InChI is InChI=1S/C25H32N2O3/c1-24-11-4-7-19(24)17-8-9-21-25(2,20(17)10-12-24)14-18(23(30)27-21)22(29)26-15-5-3-6-16(28)13-15/h3,5-6,13-14,17,19-21,28H,4,7-12H2,1-2H3,(H,26,29)(H,27,30)/t17-,19-,20+,21?,24-,25+/m0/s1. The Morgan fingerprint density at radius 2 is 1.97 bits per heavy atom. The molecule has 1 heterocycles. The second kappa shape index (κ2) is 6.86. The van der Waals surface area contributed by atoms with Crippen molar-refractivity contribution in [3.05, 3.63) is 35.9 Å². The lowest BCUT2D eigenvalue weighted by atomic mass is 9.48. The Bertz CT molecular complexity index is 925. The molecule has 1 aromatic carbocycles. The lowest BCUT2D eigenvalue weighted by Gasteiger charge is -2.58. The van der Waals surface area contributed by atoms with Gasteiger partial charge in [-0.2, -0.15) is 0 Å². The van der Waals surface area contributed by atoms with Crippen molar-refractivity contribution in [3.63, 3.8) is 0 Å². The van der Waals surface area contributed by atoms with E-state index in [0.717, 1.165) is 12.3 Å². The molecule has 3 fully saturated rings. The van der Waals surface area contributed by atoms with Gasteiger partial charge in [0.1, 0.15) is 11.3 Å². The molecule has 0 radical (unpaired) electrons. The van der Waals surface area contributed by atoms with Crippen LogP contribution in [0.25, 0.3) is 0 Å². The number of carbonyl (C=O) groups excluding carboxylic acids is 2. The predicted octanol–water partition coefficient (Wildman–Crippen LogP) is 4.39. The van der Waals surface area contributed by atoms with Gasteiger partial charge in [0.15, 0.2) is 0 Å². The van der Waals surface area contributed by atoms with E-state index in [2.05, 4.69) is 24.5 Å². The summed E-state index contributed by atoms with van der Waals surface area (Å²) in [6, 6.07) is 6.53. The number of fused-ring (bicyclic) bond motifs is 5. The van der Waals surface area contributed by atoms with E-state index in [-0.39, 0.29) is 28.7 Å². The fraction of sp³-hybridized carbons (Fsp3) is 0.600. The Morgan fingerprint density at radius 1 is 1.13 bits per heavy atom. The van der Waals surface area contributed by atoms with Crippen molar-refractivity contribution in [2.75, 3.05) is 5.32 Å². The van der Waals surface area contributed by atoms with Gasteiger partial charge in [0.05, 0.1) is 0 Å². The molecule has 1 aromatic rings. The first-order chi connectivity index (χ1) is 14.3. The molecular weight excluding hydrogens is 376 g/mol. The highest BCUT2D eigenvalue weighted by Gasteiger charge is 2.58. The van der Waals surface area contributed by atoms with Crippen LogP contribution in [0.2, 0.25) is 0 Å². The number of phenolic OH excluding ortho intramolecular Hbond substituents is 1. The third-order valence-electron chi connectivity index (χ3n) is 8.91. The van der Waals surface area contributed by atoms with Gasteiger partial charge in [0, 0.05) is 23.2 Å². The minimum Gasteiger partial charge on any atom is -0.508 e. The molecule has 0 spiro atoms. The number of anilines is 1. The Kier molecular flexibility index (Phi) is 4.49.